The Hall–Kier alpha value is -2.92. The van der Waals surface area contributed by atoms with Gasteiger partial charge >= 0.3 is 0 Å². The molecule has 2 fully saturated rings. The molecule has 2 aromatic carbocycles. The molecular weight excluding hydrogens is 497 g/mol. The number of hydrogen-bond acceptors (Lipinski definition) is 5. The Morgan fingerprint density at radius 1 is 1.17 bits per heavy atom. The summed E-state index contributed by atoms with van der Waals surface area (Å²) in [5.41, 5.74) is -2.37. The van der Waals surface area contributed by atoms with Gasteiger partial charge in [0.15, 0.2) is 15.5 Å². The Balaban J connectivity index is 1.63. The lowest BCUT2D eigenvalue weighted by molar-refractivity contribution is -0.155. The van der Waals surface area contributed by atoms with Gasteiger partial charge in [-0.15, -0.1) is 0 Å². The number of amides is 2. The molecule has 2 amide bonds. The minimum absolute atomic E-state index is 0.0387. The molecule has 2 aliphatic rings. The smallest absolute Gasteiger partial charge is 0.254 e. The lowest BCUT2D eigenvalue weighted by atomic mass is 9.87. The minimum Gasteiger partial charge on any atom is -0.374 e. The van der Waals surface area contributed by atoms with Crippen molar-refractivity contribution in [1.29, 1.82) is 0 Å². The fraction of sp³-hybridized carbons (Fsp3) is 0.440. The van der Waals surface area contributed by atoms with E-state index in [9.17, 15) is 26.8 Å². The van der Waals surface area contributed by atoms with Crippen LogP contribution in [0.5, 0.6) is 0 Å². The number of sulfone groups is 1. The number of carbonyl (C=O) groups excluding carboxylic acids is 2. The van der Waals surface area contributed by atoms with Crippen LogP contribution < -0.4 is 5.32 Å². The van der Waals surface area contributed by atoms with Crippen LogP contribution in [0.2, 0.25) is 0 Å². The van der Waals surface area contributed by atoms with E-state index in [0.717, 1.165) is 18.4 Å². The highest BCUT2D eigenvalue weighted by molar-refractivity contribution is 7.90. The molecule has 36 heavy (non-hydrogen) atoms. The van der Waals surface area contributed by atoms with Gasteiger partial charge in [-0.05, 0) is 55.2 Å². The highest BCUT2D eigenvalue weighted by Gasteiger charge is 2.50. The zero-order valence-electron chi connectivity index (χ0n) is 20.1. The molecule has 0 saturated carbocycles. The van der Waals surface area contributed by atoms with E-state index in [1.165, 1.54) is 36.1 Å². The molecule has 3 atom stereocenters. The molecule has 0 unspecified atom stereocenters. The van der Waals surface area contributed by atoms with Crippen molar-refractivity contribution >= 4 is 21.7 Å². The highest BCUT2D eigenvalue weighted by atomic mass is 32.2. The van der Waals surface area contributed by atoms with Gasteiger partial charge in [0, 0.05) is 23.9 Å². The van der Waals surface area contributed by atoms with Gasteiger partial charge in [0.2, 0.25) is 5.91 Å². The summed E-state index contributed by atoms with van der Waals surface area (Å²) in [4.78, 5) is 27.9. The van der Waals surface area contributed by atoms with Crippen molar-refractivity contribution in [3.05, 3.63) is 64.7 Å². The second kappa shape index (κ2) is 9.51. The number of likely N-dealkylation sites (tertiary alicyclic amines) is 1. The van der Waals surface area contributed by atoms with Gasteiger partial charge in [0.05, 0.1) is 24.2 Å². The van der Waals surface area contributed by atoms with Crippen LogP contribution in [0.3, 0.4) is 0 Å². The summed E-state index contributed by atoms with van der Waals surface area (Å²) in [5.74, 6) is -2.97. The van der Waals surface area contributed by atoms with Gasteiger partial charge in [-0.3, -0.25) is 9.59 Å². The summed E-state index contributed by atoms with van der Waals surface area (Å²) in [6, 6.07) is 4.75. The minimum atomic E-state index is -3.56. The third kappa shape index (κ3) is 4.99. The van der Waals surface area contributed by atoms with Crippen LogP contribution in [0.25, 0.3) is 0 Å². The molecule has 194 valence electrons. The number of benzene rings is 2. The van der Waals surface area contributed by atoms with Crippen LogP contribution in [0, 0.1) is 24.5 Å². The topological polar surface area (TPSA) is 92.8 Å². The molecule has 2 aliphatic heterocycles. The molecule has 2 heterocycles. The van der Waals surface area contributed by atoms with Crippen molar-refractivity contribution in [2.75, 3.05) is 26.0 Å². The summed E-state index contributed by atoms with van der Waals surface area (Å²) in [6.07, 6.45) is 1.28. The molecule has 2 saturated heterocycles. The summed E-state index contributed by atoms with van der Waals surface area (Å²) in [7, 11) is -3.56. The van der Waals surface area contributed by atoms with E-state index in [4.69, 9.17) is 4.74 Å². The molecule has 11 heteroatoms. The predicted molar refractivity (Wildman–Crippen MR) is 125 cm³/mol. The standard InChI is InChI=1S/C25H27F3N2O5S/c1-14-7-21(30(11-14)24(32)16-5-4-6-17(9-16)36(3,33)34)23(31)29-22(25(28)12-35-13-25)18-10-19(26)15(2)8-20(18)27/h4-6,8-10,14,21-22H,7,11-13H2,1-3H3,(H,29,31)/t14-,21-,22+/m1/s1. The average molecular weight is 525 g/mol. The lowest BCUT2D eigenvalue weighted by Gasteiger charge is -2.41. The van der Waals surface area contributed by atoms with E-state index in [-0.39, 0.29) is 40.5 Å². The number of carbonyl (C=O) groups is 2. The van der Waals surface area contributed by atoms with Gasteiger partial charge in [-0.2, -0.15) is 0 Å². The Labute approximate surface area is 207 Å². The van der Waals surface area contributed by atoms with Crippen LogP contribution in [0.4, 0.5) is 13.2 Å². The Bertz CT molecular complexity index is 1310. The number of nitrogens with zero attached hydrogens (tertiary/aromatic N) is 1. The number of hydrogen-bond donors (Lipinski definition) is 1. The molecule has 0 aromatic heterocycles. The third-order valence-corrected chi connectivity index (χ3v) is 7.77. The first-order chi connectivity index (χ1) is 16.8. The molecule has 0 radical (unpaired) electrons. The van der Waals surface area contributed by atoms with Gasteiger partial charge in [-0.1, -0.05) is 13.0 Å². The molecular formula is C25H27F3N2O5S. The van der Waals surface area contributed by atoms with Crippen molar-refractivity contribution in [2.24, 2.45) is 5.92 Å². The van der Waals surface area contributed by atoms with Crippen molar-refractivity contribution in [3.8, 4) is 0 Å². The maximum absolute atomic E-state index is 15.5. The summed E-state index contributed by atoms with van der Waals surface area (Å²) in [5, 5.41) is 2.51. The van der Waals surface area contributed by atoms with E-state index >= 15 is 4.39 Å². The molecule has 0 bridgehead atoms. The molecule has 7 nitrogen and oxygen atoms in total. The molecule has 0 aliphatic carbocycles. The molecule has 2 aromatic rings. The van der Waals surface area contributed by atoms with Crippen LogP contribution in [0.15, 0.2) is 41.3 Å². The fourth-order valence-corrected chi connectivity index (χ4v) is 5.28. The SMILES string of the molecule is Cc1cc(F)c([C@H](NC(=O)[C@H]2C[C@@H](C)CN2C(=O)c2cccc(S(C)(=O)=O)c2)C2(F)COC2)cc1F. The number of nitrogens with one attached hydrogen (secondary N) is 1. The summed E-state index contributed by atoms with van der Waals surface area (Å²) < 4.78 is 73.3. The Kier molecular flexibility index (Phi) is 6.91. The number of rotatable bonds is 6. The first-order valence-corrected chi connectivity index (χ1v) is 13.3. The van der Waals surface area contributed by atoms with Crippen LogP contribution in [0.1, 0.15) is 40.9 Å². The van der Waals surface area contributed by atoms with Crippen LogP contribution >= 0.6 is 0 Å². The van der Waals surface area contributed by atoms with E-state index < -0.39 is 64.3 Å². The molecule has 1 N–H and O–H groups in total. The molecule has 0 spiro atoms. The van der Waals surface area contributed by atoms with Crippen LogP contribution in [-0.4, -0.2) is 62.9 Å². The third-order valence-electron chi connectivity index (χ3n) is 6.66. The van der Waals surface area contributed by atoms with E-state index in [1.807, 2.05) is 6.92 Å². The normalized spacial score (nSPS) is 22.1. The van der Waals surface area contributed by atoms with Gasteiger partial charge in [0.25, 0.3) is 5.91 Å². The molecule has 4 rings (SSSR count). The Morgan fingerprint density at radius 3 is 2.47 bits per heavy atom. The number of halogens is 3. The van der Waals surface area contributed by atoms with Crippen molar-refractivity contribution in [1.82, 2.24) is 10.2 Å². The highest BCUT2D eigenvalue weighted by Crippen LogP contribution is 2.38. The van der Waals surface area contributed by atoms with Crippen molar-refractivity contribution in [3.63, 3.8) is 0 Å². The van der Waals surface area contributed by atoms with Crippen molar-refractivity contribution < 1.29 is 35.9 Å². The zero-order chi connectivity index (χ0) is 26.4. The first kappa shape index (κ1) is 26.2. The second-order valence-electron chi connectivity index (χ2n) is 9.71. The quantitative estimate of drug-likeness (QED) is 0.627. The van der Waals surface area contributed by atoms with Gasteiger partial charge in [0.1, 0.15) is 17.7 Å². The average Bonchev–Trinajstić information content (AvgIpc) is 3.19. The van der Waals surface area contributed by atoms with E-state index in [1.54, 1.807) is 0 Å². The van der Waals surface area contributed by atoms with E-state index in [0.29, 0.717) is 0 Å². The maximum Gasteiger partial charge on any atom is 0.254 e. The van der Waals surface area contributed by atoms with E-state index in [2.05, 4.69) is 5.32 Å². The monoisotopic (exact) mass is 524 g/mol. The first-order valence-electron chi connectivity index (χ1n) is 11.4. The van der Waals surface area contributed by atoms with Gasteiger partial charge in [-0.25, -0.2) is 21.6 Å². The number of alkyl halides is 1. The predicted octanol–water partition coefficient (Wildman–Crippen LogP) is 3.12. The number of aryl methyl sites for hydroxylation is 1. The lowest BCUT2D eigenvalue weighted by Crippen LogP contribution is -2.58. The maximum atomic E-state index is 15.5. The fourth-order valence-electron chi connectivity index (χ4n) is 4.62. The van der Waals surface area contributed by atoms with Gasteiger partial charge < -0.3 is 15.0 Å². The summed E-state index contributed by atoms with van der Waals surface area (Å²) >= 11 is 0. The summed E-state index contributed by atoms with van der Waals surface area (Å²) in [6.45, 7) is 2.60. The van der Waals surface area contributed by atoms with Crippen LogP contribution in [-0.2, 0) is 19.4 Å². The Morgan fingerprint density at radius 2 is 1.86 bits per heavy atom. The second-order valence-corrected chi connectivity index (χ2v) is 11.7. The zero-order valence-corrected chi connectivity index (χ0v) is 20.9. The largest absolute Gasteiger partial charge is 0.374 e. The van der Waals surface area contributed by atoms with Crippen molar-refractivity contribution in [2.45, 2.75) is 42.9 Å². The number of ether oxygens (including phenoxy) is 1.